The highest BCUT2D eigenvalue weighted by Gasteiger charge is 2.13. The SMILES string of the molecule is CCCCCN1CC(=O)N=N1. The largest absolute Gasteiger partial charge is 0.287 e. The topological polar surface area (TPSA) is 45.0 Å². The standard InChI is InChI=1S/C7H13N3O/c1-2-3-4-5-10-6-7(11)8-9-10/h2-6H2,1H3. The Morgan fingerprint density at radius 1 is 1.55 bits per heavy atom. The van der Waals surface area contributed by atoms with E-state index < -0.39 is 0 Å². The molecule has 0 fully saturated rings. The molecule has 0 aromatic heterocycles. The monoisotopic (exact) mass is 155 g/mol. The molecule has 11 heavy (non-hydrogen) atoms. The Bertz CT molecular complexity index is 167. The van der Waals surface area contributed by atoms with Crippen LogP contribution in [0, 0.1) is 0 Å². The number of unbranched alkanes of at least 4 members (excludes halogenated alkanes) is 2. The fourth-order valence-corrected chi connectivity index (χ4v) is 1.00. The summed E-state index contributed by atoms with van der Waals surface area (Å²) in [7, 11) is 0. The molecule has 1 rings (SSSR count). The van der Waals surface area contributed by atoms with Crippen molar-refractivity contribution >= 4 is 5.91 Å². The van der Waals surface area contributed by atoms with Gasteiger partial charge in [0, 0.05) is 6.54 Å². The summed E-state index contributed by atoms with van der Waals surface area (Å²) in [5, 5.41) is 8.83. The maximum atomic E-state index is 10.6. The second-order valence-corrected chi connectivity index (χ2v) is 2.68. The van der Waals surface area contributed by atoms with Gasteiger partial charge >= 0.3 is 0 Å². The van der Waals surface area contributed by atoms with Gasteiger partial charge in [0.2, 0.25) is 0 Å². The number of nitrogens with zero attached hydrogens (tertiary/aromatic N) is 3. The number of carbonyl (C=O) groups is 1. The minimum Gasteiger partial charge on any atom is -0.269 e. The second-order valence-electron chi connectivity index (χ2n) is 2.68. The Hall–Kier alpha value is -0.930. The van der Waals surface area contributed by atoms with Crippen molar-refractivity contribution in [2.45, 2.75) is 26.2 Å². The predicted octanol–water partition coefficient (Wildman–Crippen LogP) is 1.39. The first-order chi connectivity index (χ1) is 5.33. The molecule has 1 amide bonds. The highest BCUT2D eigenvalue weighted by atomic mass is 16.2. The fourth-order valence-electron chi connectivity index (χ4n) is 1.00. The molecule has 1 heterocycles. The molecule has 0 N–H and O–H groups in total. The van der Waals surface area contributed by atoms with Gasteiger partial charge in [-0.2, -0.15) is 0 Å². The van der Waals surface area contributed by atoms with Crippen LogP contribution in [0.25, 0.3) is 0 Å². The minimum absolute atomic E-state index is 0.124. The van der Waals surface area contributed by atoms with E-state index >= 15 is 0 Å². The molecule has 4 nitrogen and oxygen atoms in total. The summed E-state index contributed by atoms with van der Waals surface area (Å²) >= 11 is 0. The van der Waals surface area contributed by atoms with Crippen molar-refractivity contribution in [2.75, 3.05) is 13.1 Å². The van der Waals surface area contributed by atoms with E-state index in [0.29, 0.717) is 6.54 Å². The van der Waals surface area contributed by atoms with Crippen LogP contribution >= 0.6 is 0 Å². The lowest BCUT2D eigenvalue weighted by molar-refractivity contribution is -0.117. The van der Waals surface area contributed by atoms with E-state index in [4.69, 9.17) is 0 Å². The first-order valence-electron chi connectivity index (χ1n) is 4.02. The van der Waals surface area contributed by atoms with Crippen LogP contribution in [0.1, 0.15) is 26.2 Å². The lowest BCUT2D eigenvalue weighted by Gasteiger charge is -2.08. The summed E-state index contributed by atoms with van der Waals surface area (Å²) in [4.78, 5) is 10.6. The summed E-state index contributed by atoms with van der Waals surface area (Å²) in [6.07, 6.45) is 3.49. The molecule has 0 aromatic rings. The minimum atomic E-state index is -0.124. The van der Waals surface area contributed by atoms with Crippen LogP contribution in [0.15, 0.2) is 10.3 Å². The third-order valence-corrected chi connectivity index (χ3v) is 1.62. The van der Waals surface area contributed by atoms with Gasteiger partial charge in [-0.15, -0.1) is 0 Å². The average molecular weight is 155 g/mol. The molecular formula is C7H13N3O. The fraction of sp³-hybridized carbons (Fsp3) is 0.857. The van der Waals surface area contributed by atoms with Gasteiger partial charge in [0.15, 0.2) is 0 Å². The Kier molecular flexibility index (Phi) is 3.01. The molecule has 0 unspecified atom stereocenters. The van der Waals surface area contributed by atoms with Crippen LogP contribution < -0.4 is 0 Å². The van der Waals surface area contributed by atoms with E-state index in [1.165, 1.54) is 12.8 Å². The Morgan fingerprint density at radius 3 is 2.91 bits per heavy atom. The van der Waals surface area contributed by atoms with E-state index in [0.717, 1.165) is 13.0 Å². The number of amides is 1. The third kappa shape index (κ3) is 2.65. The molecule has 4 heteroatoms. The van der Waals surface area contributed by atoms with Crippen molar-refractivity contribution < 1.29 is 4.79 Å². The van der Waals surface area contributed by atoms with Gasteiger partial charge in [-0.05, 0) is 6.42 Å². The lowest BCUT2D eigenvalue weighted by atomic mass is 10.2. The molecule has 0 aliphatic carbocycles. The van der Waals surface area contributed by atoms with E-state index in [2.05, 4.69) is 17.3 Å². The van der Waals surface area contributed by atoms with Crippen LogP contribution in [-0.2, 0) is 4.79 Å². The van der Waals surface area contributed by atoms with Crippen molar-refractivity contribution in [2.24, 2.45) is 10.3 Å². The molecule has 0 aromatic carbocycles. The van der Waals surface area contributed by atoms with Crippen molar-refractivity contribution in [3.8, 4) is 0 Å². The molecule has 0 atom stereocenters. The van der Waals surface area contributed by atoms with Gasteiger partial charge in [-0.3, -0.25) is 9.80 Å². The van der Waals surface area contributed by atoms with Gasteiger partial charge in [0.1, 0.15) is 6.54 Å². The number of hydrogen-bond donors (Lipinski definition) is 0. The van der Waals surface area contributed by atoms with Crippen LogP contribution in [0.2, 0.25) is 0 Å². The summed E-state index contributed by atoms with van der Waals surface area (Å²) in [5.41, 5.74) is 0. The Labute approximate surface area is 66.3 Å². The van der Waals surface area contributed by atoms with E-state index in [1.807, 2.05) is 0 Å². The van der Waals surface area contributed by atoms with Crippen LogP contribution in [-0.4, -0.2) is 24.0 Å². The van der Waals surface area contributed by atoms with E-state index in [9.17, 15) is 4.79 Å². The normalized spacial score (nSPS) is 16.5. The molecule has 0 saturated heterocycles. The third-order valence-electron chi connectivity index (χ3n) is 1.62. The van der Waals surface area contributed by atoms with Crippen LogP contribution in [0.5, 0.6) is 0 Å². The Balaban J connectivity index is 2.09. The zero-order valence-corrected chi connectivity index (χ0v) is 6.79. The highest BCUT2D eigenvalue weighted by molar-refractivity contribution is 5.79. The van der Waals surface area contributed by atoms with Crippen LogP contribution in [0.3, 0.4) is 0 Å². The first-order valence-corrected chi connectivity index (χ1v) is 4.02. The van der Waals surface area contributed by atoms with E-state index in [1.54, 1.807) is 5.01 Å². The summed E-state index contributed by atoms with van der Waals surface area (Å²) < 4.78 is 0. The molecule has 62 valence electrons. The van der Waals surface area contributed by atoms with Crippen LogP contribution in [0.4, 0.5) is 0 Å². The quantitative estimate of drug-likeness (QED) is 0.576. The zero-order valence-electron chi connectivity index (χ0n) is 6.79. The van der Waals surface area contributed by atoms with Gasteiger partial charge in [-0.1, -0.05) is 30.1 Å². The van der Waals surface area contributed by atoms with Crippen molar-refractivity contribution in [1.82, 2.24) is 5.01 Å². The Morgan fingerprint density at radius 2 is 2.36 bits per heavy atom. The predicted molar refractivity (Wildman–Crippen MR) is 41.0 cm³/mol. The summed E-state index contributed by atoms with van der Waals surface area (Å²) in [5.74, 6) is -0.124. The molecule has 0 saturated carbocycles. The molecule has 1 aliphatic heterocycles. The lowest BCUT2D eigenvalue weighted by Crippen LogP contribution is -2.18. The van der Waals surface area contributed by atoms with Gasteiger partial charge < -0.3 is 0 Å². The second kappa shape index (κ2) is 4.05. The van der Waals surface area contributed by atoms with Crippen molar-refractivity contribution in [1.29, 1.82) is 0 Å². The molecule has 0 spiro atoms. The maximum absolute atomic E-state index is 10.6. The maximum Gasteiger partial charge on any atom is 0.287 e. The highest BCUT2D eigenvalue weighted by Crippen LogP contribution is 2.04. The number of rotatable bonds is 4. The number of hydrogen-bond acceptors (Lipinski definition) is 3. The van der Waals surface area contributed by atoms with Gasteiger partial charge in [0.25, 0.3) is 5.91 Å². The zero-order chi connectivity index (χ0) is 8.10. The van der Waals surface area contributed by atoms with E-state index in [-0.39, 0.29) is 5.91 Å². The molecule has 0 bridgehead atoms. The first kappa shape index (κ1) is 8.17. The van der Waals surface area contributed by atoms with Gasteiger partial charge in [0.05, 0.1) is 0 Å². The molecular weight excluding hydrogens is 142 g/mol. The molecule has 1 aliphatic rings. The average Bonchev–Trinajstić information content (AvgIpc) is 2.37. The van der Waals surface area contributed by atoms with Gasteiger partial charge in [-0.25, -0.2) is 0 Å². The summed E-state index contributed by atoms with van der Waals surface area (Å²) in [6.45, 7) is 3.39. The van der Waals surface area contributed by atoms with Crippen molar-refractivity contribution in [3.63, 3.8) is 0 Å². The number of carbonyl (C=O) groups excluding carboxylic acids is 1. The smallest absolute Gasteiger partial charge is 0.269 e. The molecule has 0 radical (unpaired) electrons. The summed E-state index contributed by atoms with van der Waals surface area (Å²) in [6, 6.07) is 0. The van der Waals surface area contributed by atoms with Crippen molar-refractivity contribution in [3.05, 3.63) is 0 Å².